The van der Waals surface area contributed by atoms with Crippen LogP contribution < -0.4 is 19.1 Å². The Labute approximate surface area is 176 Å². The molecule has 1 aliphatic heterocycles. The molecular weight excluding hydrogens is 408 g/mol. The lowest BCUT2D eigenvalue weighted by Gasteiger charge is -2.25. The average molecular weight is 435 g/mol. The van der Waals surface area contributed by atoms with E-state index < -0.39 is 15.9 Å². The molecule has 0 unspecified atom stereocenters. The molecule has 1 fully saturated rings. The molecule has 1 amide bonds. The molecule has 1 N–H and O–H groups in total. The number of methoxy groups -OCH3 is 2. The van der Waals surface area contributed by atoms with Crippen molar-refractivity contribution < 1.29 is 27.4 Å². The number of nitrogens with one attached hydrogen (secondary N) is 1. The fraction of sp³-hybridized carbons (Fsp3) is 0.381. The van der Waals surface area contributed by atoms with Gasteiger partial charge in [-0.3, -0.25) is 9.10 Å². The van der Waals surface area contributed by atoms with Gasteiger partial charge in [0, 0.05) is 19.2 Å². The minimum atomic E-state index is -3.99. The standard InChI is InChI=1S/C21H26N2O6S/c1-27-19-11-10-16(13-20(19)28-2)23(30(25,26)18-8-4-3-5-9-18)15-21(24)22-14-17-7-6-12-29-17/h3-5,8-11,13,17H,6-7,12,14-15H2,1-2H3,(H,22,24)/t17-/m0/s1. The lowest BCUT2D eigenvalue weighted by molar-refractivity contribution is -0.120. The predicted octanol–water partition coefficient (Wildman–Crippen LogP) is 2.19. The molecule has 3 rings (SSSR count). The highest BCUT2D eigenvalue weighted by Crippen LogP contribution is 2.33. The van der Waals surface area contributed by atoms with Crippen molar-refractivity contribution in [2.45, 2.75) is 23.8 Å². The van der Waals surface area contributed by atoms with Crippen LogP contribution >= 0.6 is 0 Å². The molecule has 8 nitrogen and oxygen atoms in total. The molecule has 2 aromatic carbocycles. The summed E-state index contributed by atoms with van der Waals surface area (Å²) in [7, 11) is -1.03. The smallest absolute Gasteiger partial charge is 0.264 e. The van der Waals surface area contributed by atoms with Gasteiger partial charge in [-0.25, -0.2) is 8.42 Å². The van der Waals surface area contributed by atoms with Gasteiger partial charge < -0.3 is 19.5 Å². The van der Waals surface area contributed by atoms with E-state index in [0.717, 1.165) is 17.1 Å². The average Bonchev–Trinajstić information content (AvgIpc) is 3.30. The van der Waals surface area contributed by atoms with Crippen LogP contribution in [-0.2, 0) is 19.6 Å². The highest BCUT2D eigenvalue weighted by atomic mass is 32.2. The summed E-state index contributed by atoms with van der Waals surface area (Å²) in [6, 6.07) is 12.7. The first kappa shape index (κ1) is 21.9. The number of hydrogen-bond acceptors (Lipinski definition) is 6. The molecule has 9 heteroatoms. The monoisotopic (exact) mass is 434 g/mol. The SMILES string of the molecule is COc1ccc(N(CC(=O)NC[C@@H]2CCCO2)S(=O)(=O)c2ccccc2)cc1OC. The van der Waals surface area contributed by atoms with Crippen molar-refractivity contribution in [1.29, 1.82) is 0 Å². The first-order valence-corrected chi connectivity index (χ1v) is 11.1. The van der Waals surface area contributed by atoms with Crippen LogP contribution in [0.2, 0.25) is 0 Å². The first-order valence-electron chi connectivity index (χ1n) is 9.64. The molecule has 162 valence electrons. The molecule has 1 heterocycles. The number of sulfonamides is 1. The van der Waals surface area contributed by atoms with E-state index in [9.17, 15) is 13.2 Å². The molecular formula is C21H26N2O6S. The van der Waals surface area contributed by atoms with E-state index in [0.29, 0.717) is 30.3 Å². The van der Waals surface area contributed by atoms with Crippen LogP contribution in [-0.4, -0.2) is 54.3 Å². The van der Waals surface area contributed by atoms with Crippen LogP contribution in [0.3, 0.4) is 0 Å². The number of anilines is 1. The summed E-state index contributed by atoms with van der Waals surface area (Å²) in [6.07, 6.45) is 1.80. The fourth-order valence-electron chi connectivity index (χ4n) is 3.23. The molecule has 2 aromatic rings. The number of carbonyl (C=O) groups excluding carboxylic acids is 1. The van der Waals surface area contributed by atoms with E-state index in [1.165, 1.54) is 32.4 Å². The largest absolute Gasteiger partial charge is 0.493 e. The maximum Gasteiger partial charge on any atom is 0.264 e. The van der Waals surface area contributed by atoms with E-state index >= 15 is 0 Å². The molecule has 30 heavy (non-hydrogen) atoms. The summed E-state index contributed by atoms with van der Waals surface area (Å²) < 4.78 is 43.8. The van der Waals surface area contributed by atoms with Gasteiger partial charge in [0.15, 0.2) is 11.5 Å². The van der Waals surface area contributed by atoms with Crippen LogP contribution in [0.25, 0.3) is 0 Å². The first-order chi connectivity index (χ1) is 14.5. The van der Waals surface area contributed by atoms with E-state index in [4.69, 9.17) is 14.2 Å². The summed E-state index contributed by atoms with van der Waals surface area (Å²) in [5.74, 6) is 0.406. The summed E-state index contributed by atoms with van der Waals surface area (Å²) >= 11 is 0. The Morgan fingerprint density at radius 3 is 2.50 bits per heavy atom. The van der Waals surface area contributed by atoms with Crippen LogP contribution in [0.5, 0.6) is 11.5 Å². The van der Waals surface area contributed by atoms with Gasteiger partial charge in [-0.05, 0) is 37.1 Å². The number of rotatable bonds is 9. The maximum atomic E-state index is 13.3. The fourth-order valence-corrected chi connectivity index (χ4v) is 4.67. The molecule has 1 atom stereocenters. The number of carbonyl (C=O) groups is 1. The lowest BCUT2D eigenvalue weighted by atomic mass is 10.2. The van der Waals surface area contributed by atoms with Crippen molar-refractivity contribution >= 4 is 21.6 Å². The minimum Gasteiger partial charge on any atom is -0.493 e. The quantitative estimate of drug-likeness (QED) is 0.650. The zero-order chi connectivity index (χ0) is 21.6. The molecule has 0 aliphatic carbocycles. The third-order valence-electron chi connectivity index (χ3n) is 4.82. The number of amides is 1. The highest BCUT2D eigenvalue weighted by molar-refractivity contribution is 7.92. The molecule has 0 radical (unpaired) electrons. The number of ether oxygens (including phenoxy) is 3. The van der Waals surface area contributed by atoms with Gasteiger partial charge in [0.2, 0.25) is 5.91 Å². The Kier molecular flexibility index (Phi) is 7.17. The van der Waals surface area contributed by atoms with Gasteiger partial charge in [-0.2, -0.15) is 0 Å². The third-order valence-corrected chi connectivity index (χ3v) is 6.61. The van der Waals surface area contributed by atoms with Gasteiger partial charge in [0.1, 0.15) is 6.54 Å². The second-order valence-corrected chi connectivity index (χ2v) is 8.67. The maximum absolute atomic E-state index is 13.3. The molecule has 1 saturated heterocycles. The molecule has 0 saturated carbocycles. The Bertz CT molecular complexity index is 959. The molecule has 0 aromatic heterocycles. The topological polar surface area (TPSA) is 94.2 Å². The summed E-state index contributed by atoms with van der Waals surface area (Å²) in [5.41, 5.74) is 0.295. The van der Waals surface area contributed by atoms with Crippen LogP contribution in [0, 0.1) is 0 Å². The zero-order valence-corrected chi connectivity index (χ0v) is 17.9. The van der Waals surface area contributed by atoms with Gasteiger partial charge in [0.25, 0.3) is 10.0 Å². The normalized spacial score (nSPS) is 16.1. The third kappa shape index (κ3) is 5.03. The van der Waals surface area contributed by atoms with Crippen LogP contribution in [0.4, 0.5) is 5.69 Å². The van der Waals surface area contributed by atoms with E-state index in [-0.39, 0.29) is 17.5 Å². The van der Waals surface area contributed by atoms with Crippen molar-refractivity contribution in [3.63, 3.8) is 0 Å². The van der Waals surface area contributed by atoms with Crippen molar-refractivity contribution in [3.8, 4) is 11.5 Å². The van der Waals surface area contributed by atoms with Gasteiger partial charge in [-0.1, -0.05) is 18.2 Å². The van der Waals surface area contributed by atoms with Crippen molar-refractivity contribution in [2.24, 2.45) is 0 Å². The lowest BCUT2D eigenvalue weighted by Crippen LogP contribution is -2.42. The Balaban J connectivity index is 1.89. The number of hydrogen-bond donors (Lipinski definition) is 1. The highest BCUT2D eigenvalue weighted by Gasteiger charge is 2.28. The van der Waals surface area contributed by atoms with E-state index in [1.54, 1.807) is 30.3 Å². The van der Waals surface area contributed by atoms with Gasteiger partial charge in [0.05, 0.1) is 30.9 Å². The molecule has 0 spiro atoms. The van der Waals surface area contributed by atoms with E-state index in [1.807, 2.05) is 0 Å². The van der Waals surface area contributed by atoms with Crippen molar-refractivity contribution in [1.82, 2.24) is 5.32 Å². The van der Waals surface area contributed by atoms with Gasteiger partial charge in [-0.15, -0.1) is 0 Å². The van der Waals surface area contributed by atoms with Gasteiger partial charge >= 0.3 is 0 Å². The Morgan fingerprint density at radius 1 is 1.13 bits per heavy atom. The van der Waals surface area contributed by atoms with E-state index in [2.05, 4.69) is 5.32 Å². The second kappa shape index (κ2) is 9.82. The van der Waals surface area contributed by atoms with Crippen LogP contribution in [0.1, 0.15) is 12.8 Å². The second-order valence-electron chi connectivity index (χ2n) is 6.80. The predicted molar refractivity (Wildman–Crippen MR) is 113 cm³/mol. The van der Waals surface area contributed by atoms with Crippen molar-refractivity contribution in [3.05, 3.63) is 48.5 Å². The summed E-state index contributed by atoms with van der Waals surface area (Å²) in [6.45, 7) is 0.657. The Morgan fingerprint density at radius 2 is 1.87 bits per heavy atom. The minimum absolute atomic E-state index is 0.0331. The molecule has 0 bridgehead atoms. The Hall–Kier alpha value is -2.78. The van der Waals surface area contributed by atoms with Crippen molar-refractivity contribution in [2.75, 3.05) is 38.2 Å². The number of benzene rings is 2. The zero-order valence-electron chi connectivity index (χ0n) is 17.0. The number of nitrogens with zero attached hydrogens (tertiary/aromatic N) is 1. The summed E-state index contributed by atoms with van der Waals surface area (Å²) in [4.78, 5) is 12.7. The van der Waals surface area contributed by atoms with Crippen LogP contribution in [0.15, 0.2) is 53.4 Å². The molecule has 1 aliphatic rings. The summed E-state index contributed by atoms with van der Waals surface area (Å²) in [5, 5.41) is 2.77.